The van der Waals surface area contributed by atoms with Crippen molar-refractivity contribution in [2.75, 3.05) is 0 Å². The predicted molar refractivity (Wildman–Crippen MR) is 74.8 cm³/mol. The normalized spacial score (nSPS) is 11.5. The molecule has 0 spiro atoms. The molecule has 18 heavy (non-hydrogen) atoms. The molecule has 2 aromatic heterocycles. The Kier molecular flexibility index (Phi) is 2.88. The van der Waals surface area contributed by atoms with Crippen LogP contribution in [0.5, 0.6) is 0 Å². The zero-order valence-corrected chi connectivity index (χ0v) is 11.3. The zero-order valence-electron chi connectivity index (χ0n) is 10.5. The Labute approximate surface area is 110 Å². The first-order valence-corrected chi connectivity index (χ1v) is 6.94. The number of hydrogen-bond acceptors (Lipinski definition) is 3. The Morgan fingerprint density at radius 3 is 2.72 bits per heavy atom. The molecule has 0 bridgehead atoms. The van der Waals surface area contributed by atoms with Gasteiger partial charge in [0.05, 0.1) is 11.9 Å². The molecular formula is C14H15N3S. The Morgan fingerprint density at radius 2 is 2.00 bits per heavy atom. The van der Waals surface area contributed by atoms with Gasteiger partial charge < -0.3 is 0 Å². The van der Waals surface area contributed by atoms with Crippen LogP contribution in [0.4, 0.5) is 0 Å². The molecule has 0 saturated heterocycles. The minimum Gasteiger partial charge on any atom is -0.225 e. The van der Waals surface area contributed by atoms with Crippen LogP contribution >= 0.6 is 11.3 Å². The van der Waals surface area contributed by atoms with Gasteiger partial charge in [-0.2, -0.15) is 5.10 Å². The Hall–Kier alpha value is -1.68. The van der Waals surface area contributed by atoms with E-state index in [1.165, 1.54) is 0 Å². The highest BCUT2D eigenvalue weighted by Crippen LogP contribution is 2.24. The lowest BCUT2D eigenvalue weighted by molar-refractivity contribution is 0.637. The fourth-order valence-electron chi connectivity index (χ4n) is 1.97. The van der Waals surface area contributed by atoms with Gasteiger partial charge in [0.1, 0.15) is 5.01 Å². The van der Waals surface area contributed by atoms with Crippen LogP contribution in [0.25, 0.3) is 16.2 Å². The second-order valence-electron chi connectivity index (χ2n) is 4.80. The monoisotopic (exact) mass is 257 g/mol. The summed E-state index contributed by atoms with van der Waals surface area (Å²) in [5.74, 6) is 0.626. The van der Waals surface area contributed by atoms with Gasteiger partial charge in [0, 0.05) is 12.0 Å². The maximum Gasteiger partial charge on any atom is 0.212 e. The van der Waals surface area contributed by atoms with E-state index in [2.05, 4.69) is 36.1 Å². The molecule has 0 N–H and O–H groups in total. The third-order valence-corrected chi connectivity index (χ3v) is 3.72. The van der Waals surface area contributed by atoms with Crippen LogP contribution in [-0.4, -0.2) is 14.6 Å². The van der Waals surface area contributed by atoms with Gasteiger partial charge in [-0.1, -0.05) is 55.5 Å². The molecule has 0 radical (unpaired) electrons. The van der Waals surface area contributed by atoms with Crippen molar-refractivity contribution in [1.29, 1.82) is 0 Å². The van der Waals surface area contributed by atoms with Crippen molar-refractivity contribution in [3.63, 3.8) is 0 Å². The molecule has 0 saturated carbocycles. The lowest BCUT2D eigenvalue weighted by Crippen LogP contribution is -1.95. The lowest BCUT2D eigenvalue weighted by Gasteiger charge is -1.99. The summed E-state index contributed by atoms with van der Waals surface area (Å²) in [6.07, 6.45) is 2.91. The summed E-state index contributed by atoms with van der Waals surface area (Å²) in [5, 5.41) is 5.82. The summed E-state index contributed by atoms with van der Waals surface area (Å²) in [6, 6.07) is 10.3. The highest BCUT2D eigenvalue weighted by atomic mass is 32.1. The standard InChI is InChI=1S/C14H15N3S/c1-10(2)8-13-16-17-12(9-15-14(17)18-13)11-6-4-3-5-7-11/h3-7,9-10H,8H2,1-2H3. The van der Waals surface area contributed by atoms with Crippen molar-refractivity contribution in [3.05, 3.63) is 41.5 Å². The molecule has 1 aromatic carbocycles. The van der Waals surface area contributed by atoms with Crippen molar-refractivity contribution >= 4 is 16.3 Å². The SMILES string of the molecule is CC(C)Cc1nn2c(-c3ccccc3)cnc2s1. The Morgan fingerprint density at radius 1 is 1.22 bits per heavy atom. The van der Waals surface area contributed by atoms with Gasteiger partial charge in [0.2, 0.25) is 4.96 Å². The summed E-state index contributed by atoms with van der Waals surface area (Å²) in [6.45, 7) is 4.42. The van der Waals surface area contributed by atoms with Crippen molar-refractivity contribution in [3.8, 4) is 11.3 Å². The van der Waals surface area contributed by atoms with E-state index >= 15 is 0 Å². The quantitative estimate of drug-likeness (QED) is 0.717. The van der Waals surface area contributed by atoms with Gasteiger partial charge in [-0.25, -0.2) is 9.50 Å². The maximum absolute atomic E-state index is 4.66. The Bertz CT molecular complexity index is 652. The van der Waals surface area contributed by atoms with Crippen LogP contribution in [0.2, 0.25) is 0 Å². The third-order valence-electron chi connectivity index (χ3n) is 2.78. The van der Waals surface area contributed by atoms with Crippen LogP contribution in [-0.2, 0) is 6.42 Å². The van der Waals surface area contributed by atoms with Crippen LogP contribution in [0, 0.1) is 5.92 Å². The molecule has 0 fully saturated rings. The number of aromatic nitrogens is 3. The Balaban J connectivity index is 2.06. The number of rotatable bonds is 3. The number of benzene rings is 1. The van der Waals surface area contributed by atoms with Gasteiger partial charge in [0.25, 0.3) is 0 Å². The van der Waals surface area contributed by atoms with E-state index in [0.29, 0.717) is 5.92 Å². The molecule has 0 atom stereocenters. The molecule has 3 rings (SSSR count). The molecule has 0 aliphatic heterocycles. The zero-order chi connectivity index (χ0) is 12.5. The smallest absolute Gasteiger partial charge is 0.212 e. The number of fused-ring (bicyclic) bond motifs is 1. The van der Waals surface area contributed by atoms with E-state index in [0.717, 1.165) is 27.6 Å². The average molecular weight is 257 g/mol. The second-order valence-corrected chi connectivity index (χ2v) is 5.84. The third kappa shape index (κ3) is 2.04. The van der Waals surface area contributed by atoms with E-state index in [-0.39, 0.29) is 0 Å². The first-order valence-electron chi connectivity index (χ1n) is 6.13. The molecule has 3 aromatic rings. The van der Waals surface area contributed by atoms with E-state index in [9.17, 15) is 0 Å². The number of imidazole rings is 1. The highest BCUT2D eigenvalue weighted by molar-refractivity contribution is 7.16. The van der Waals surface area contributed by atoms with Crippen LogP contribution < -0.4 is 0 Å². The molecule has 0 aliphatic rings. The summed E-state index contributed by atoms with van der Waals surface area (Å²) >= 11 is 1.68. The topological polar surface area (TPSA) is 30.2 Å². The first-order chi connectivity index (χ1) is 8.74. The lowest BCUT2D eigenvalue weighted by atomic mass is 10.1. The fourth-order valence-corrected chi connectivity index (χ4v) is 3.05. The van der Waals surface area contributed by atoms with Crippen LogP contribution in [0.15, 0.2) is 36.5 Å². The minimum absolute atomic E-state index is 0.626. The van der Waals surface area contributed by atoms with Crippen molar-refractivity contribution in [2.24, 2.45) is 5.92 Å². The summed E-state index contributed by atoms with van der Waals surface area (Å²) in [5.41, 5.74) is 2.23. The van der Waals surface area contributed by atoms with Gasteiger partial charge in [-0.3, -0.25) is 0 Å². The van der Waals surface area contributed by atoms with E-state index < -0.39 is 0 Å². The highest BCUT2D eigenvalue weighted by Gasteiger charge is 2.11. The van der Waals surface area contributed by atoms with Crippen LogP contribution in [0.1, 0.15) is 18.9 Å². The molecule has 0 amide bonds. The first kappa shape index (κ1) is 11.4. The number of nitrogens with zero attached hydrogens (tertiary/aromatic N) is 3. The number of hydrogen-bond donors (Lipinski definition) is 0. The molecule has 0 unspecified atom stereocenters. The fraction of sp³-hybridized carbons (Fsp3) is 0.286. The van der Waals surface area contributed by atoms with Gasteiger partial charge in [0.15, 0.2) is 0 Å². The molecule has 2 heterocycles. The van der Waals surface area contributed by atoms with E-state index in [1.807, 2.05) is 28.9 Å². The molecule has 0 aliphatic carbocycles. The average Bonchev–Trinajstić information content (AvgIpc) is 2.88. The maximum atomic E-state index is 4.66. The summed E-state index contributed by atoms with van der Waals surface area (Å²) < 4.78 is 1.96. The summed E-state index contributed by atoms with van der Waals surface area (Å²) in [4.78, 5) is 5.42. The second kappa shape index (κ2) is 4.53. The van der Waals surface area contributed by atoms with Crippen molar-refractivity contribution < 1.29 is 0 Å². The molecule has 4 heteroatoms. The van der Waals surface area contributed by atoms with Gasteiger partial charge in [-0.15, -0.1) is 0 Å². The molecular weight excluding hydrogens is 242 g/mol. The predicted octanol–water partition coefficient (Wildman–Crippen LogP) is 3.66. The largest absolute Gasteiger partial charge is 0.225 e. The van der Waals surface area contributed by atoms with Crippen LogP contribution in [0.3, 0.4) is 0 Å². The minimum atomic E-state index is 0.626. The van der Waals surface area contributed by atoms with Gasteiger partial charge >= 0.3 is 0 Å². The van der Waals surface area contributed by atoms with E-state index in [1.54, 1.807) is 11.3 Å². The van der Waals surface area contributed by atoms with E-state index in [4.69, 9.17) is 0 Å². The van der Waals surface area contributed by atoms with Crippen molar-refractivity contribution in [1.82, 2.24) is 14.6 Å². The molecule has 92 valence electrons. The summed E-state index contributed by atoms with van der Waals surface area (Å²) in [7, 11) is 0. The van der Waals surface area contributed by atoms with Crippen molar-refractivity contribution in [2.45, 2.75) is 20.3 Å². The van der Waals surface area contributed by atoms with Gasteiger partial charge in [-0.05, 0) is 5.92 Å². The molecule has 3 nitrogen and oxygen atoms in total.